The Kier molecular flexibility index (Phi) is 3.32. The summed E-state index contributed by atoms with van der Waals surface area (Å²) in [5, 5.41) is 0. The lowest BCUT2D eigenvalue weighted by atomic mass is 10.0. The highest BCUT2D eigenvalue weighted by Gasteiger charge is 2.10. The molecule has 0 saturated heterocycles. The third-order valence-corrected chi connectivity index (χ3v) is 3.05. The molecule has 2 rings (SSSR count). The van der Waals surface area contributed by atoms with Crippen LogP contribution in [0.5, 0.6) is 0 Å². The Morgan fingerprint density at radius 2 is 1.82 bits per heavy atom. The molecule has 0 saturated carbocycles. The molecular formula is C15H19NO. The number of hydrogen-bond acceptors (Lipinski definition) is 2. The molecular weight excluding hydrogens is 210 g/mol. The quantitative estimate of drug-likeness (QED) is 0.782. The molecule has 0 aliphatic rings. The van der Waals surface area contributed by atoms with Crippen LogP contribution in [0.4, 0.5) is 0 Å². The van der Waals surface area contributed by atoms with E-state index < -0.39 is 0 Å². The van der Waals surface area contributed by atoms with Gasteiger partial charge in [0, 0.05) is 5.56 Å². The van der Waals surface area contributed by atoms with E-state index in [0.717, 1.165) is 29.3 Å². The number of aryl methyl sites for hydroxylation is 2. The Balaban J connectivity index is 2.33. The van der Waals surface area contributed by atoms with Gasteiger partial charge in [0.05, 0.1) is 5.69 Å². The summed E-state index contributed by atoms with van der Waals surface area (Å²) in [4.78, 5) is 4.51. The van der Waals surface area contributed by atoms with E-state index >= 15 is 0 Å². The van der Waals surface area contributed by atoms with Gasteiger partial charge in [-0.25, -0.2) is 4.98 Å². The third-order valence-electron chi connectivity index (χ3n) is 3.05. The van der Waals surface area contributed by atoms with Gasteiger partial charge in [0.25, 0.3) is 0 Å². The van der Waals surface area contributed by atoms with Crippen LogP contribution < -0.4 is 0 Å². The molecule has 0 bridgehead atoms. The van der Waals surface area contributed by atoms with Crippen LogP contribution >= 0.6 is 0 Å². The first-order valence-corrected chi connectivity index (χ1v) is 6.18. The van der Waals surface area contributed by atoms with Crippen molar-refractivity contribution in [3.63, 3.8) is 0 Å². The van der Waals surface area contributed by atoms with Gasteiger partial charge >= 0.3 is 0 Å². The van der Waals surface area contributed by atoms with Gasteiger partial charge in [-0.3, -0.25) is 0 Å². The summed E-state index contributed by atoms with van der Waals surface area (Å²) in [6.45, 7) is 8.45. The molecule has 90 valence electrons. The zero-order valence-electron chi connectivity index (χ0n) is 10.9. The molecule has 0 aliphatic heterocycles. The third kappa shape index (κ3) is 2.41. The lowest BCUT2D eigenvalue weighted by Crippen LogP contribution is -1.87. The zero-order chi connectivity index (χ0) is 12.4. The SMILES string of the molecule is CCc1nc(-c2ccc(C(C)C)cc2)oc1C. The van der Waals surface area contributed by atoms with Crippen molar-refractivity contribution in [3.8, 4) is 11.5 Å². The van der Waals surface area contributed by atoms with Crippen LogP contribution in [0.3, 0.4) is 0 Å². The highest BCUT2D eigenvalue weighted by molar-refractivity contribution is 5.54. The van der Waals surface area contributed by atoms with Crippen LogP contribution in [-0.4, -0.2) is 4.98 Å². The summed E-state index contributed by atoms with van der Waals surface area (Å²) in [5.41, 5.74) is 3.44. The molecule has 0 N–H and O–H groups in total. The highest BCUT2D eigenvalue weighted by atomic mass is 16.4. The molecule has 1 aromatic carbocycles. The van der Waals surface area contributed by atoms with E-state index in [4.69, 9.17) is 4.42 Å². The standard InChI is InChI=1S/C15H19NO/c1-5-14-11(4)17-15(16-14)13-8-6-12(7-9-13)10(2)3/h6-10H,5H2,1-4H3. The molecule has 0 aliphatic carbocycles. The smallest absolute Gasteiger partial charge is 0.226 e. The van der Waals surface area contributed by atoms with Crippen LogP contribution in [0.1, 0.15) is 43.7 Å². The van der Waals surface area contributed by atoms with E-state index in [1.165, 1.54) is 5.56 Å². The second-order valence-electron chi connectivity index (χ2n) is 4.65. The van der Waals surface area contributed by atoms with Crippen molar-refractivity contribution >= 4 is 0 Å². The maximum Gasteiger partial charge on any atom is 0.226 e. The molecule has 2 nitrogen and oxygen atoms in total. The number of nitrogens with zero attached hydrogens (tertiary/aromatic N) is 1. The van der Waals surface area contributed by atoms with Crippen LogP contribution in [0, 0.1) is 6.92 Å². The van der Waals surface area contributed by atoms with E-state index in [1.54, 1.807) is 0 Å². The summed E-state index contributed by atoms with van der Waals surface area (Å²) in [5.74, 6) is 2.21. The van der Waals surface area contributed by atoms with Crippen molar-refractivity contribution in [1.82, 2.24) is 4.98 Å². The Morgan fingerprint density at radius 1 is 1.18 bits per heavy atom. The minimum Gasteiger partial charge on any atom is -0.441 e. The summed E-state index contributed by atoms with van der Waals surface area (Å²) in [7, 11) is 0. The molecule has 0 radical (unpaired) electrons. The van der Waals surface area contributed by atoms with Gasteiger partial charge in [-0.1, -0.05) is 32.9 Å². The Morgan fingerprint density at radius 3 is 2.29 bits per heavy atom. The predicted molar refractivity (Wildman–Crippen MR) is 70.1 cm³/mol. The number of benzene rings is 1. The fourth-order valence-corrected chi connectivity index (χ4v) is 1.89. The van der Waals surface area contributed by atoms with Crippen LogP contribution in [0.25, 0.3) is 11.5 Å². The molecule has 17 heavy (non-hydrogen) atoms. The molecule has 0 unspecified atom stereocenters. The van der Waals surface area contributed by atoms with E-state index in [-0.39, 0.29) is 0 Å². The van der Waals surface area contributed by atoms with Gasteiger partial charge in [0.2, 0.25) is 5.89 Å². The van der Waals surface area contributed by atoms with Crippen LogP contribution in [0.2, 0.25) is 0 Å². The van der Waals surface area contributed by atoms with Gasteiger partial charge in [-0.05, 0) is 37.0 Å². The van der Waals surface area contributed by atoms with Crippen molar-refractivity contribution in [3.05, 3.63) is 41.3 Å². The maximum absolute atomic E-state index is 5.68. The van der Waals surface area contributed by atoms with Crippen molar-refractivity contribution < 1.29 is 4.42 Å². The normalized spacial score (nSPS) is 11.1. The van der Waals surface area contributed by atoms with E-state index in [1.807, 2.05) is 6.92 Å². The largest absolute Gasteiger partial charge is 0.441 e. The van der Waals surface area contributed by atoms with Gasteiger partial charge in [-0.15, -0.1) is 0 Å². The molecule has 0 atom stereocenters. The van der Waals surface area contributed by atoms with E-state index in [0.29, 0.717) is 5.92 Å². The van der Waals surface area contributed by atoms with Crippen LogP contribution in [-0.2, 0) is 6.42 Å². The molecule has 2 aromatic rings. The lowest BCUT2D eigenvalue weighted by molar-refractivity contribution is 0.539. The molecule has 1 aromatic heterocycles. The van der Waals surface area contributed by atoms with Crippen LogP contribution in [0.15, 0.2) is 28.7 Å². The monoisotopic (exact) mass is 229 g/mol. The molecule has 0 spiro atoms. The molecule has 2 heteroatoms. The Bertz CT molecular complexity index is 494. The predicted octanol–water partition coefficient (Wildman–Crippen LogP) is 4.34. The lowest BCUT2D eigenvalue weighted by Gasteiger charge is -2.04. The Hall–Kier alpha value is -1.57. The van der Waals surface area contributed by atoms with Gasteiger partial charge in [0.15, 0.2) is 0 Å². The van der Waals surface area contributed by atoms with E-state index in [2.05, 4.69) is 50.0 Å². The molecule has 1 heterocycles. The minimum absolute atomic E-state index is 0.557. The number of oxazole rings is 1. The first kappa shape index (κ1) is 11.9. The van der Waals surface area contributed by atoms with Crippen molar-refractivity contribution in [2.75, 3.05) is 0 Å². The molecule has 0 fully saturated rings. The summed E-state index contributed by atoms with van der Waals surface area (Å²) in [6.07, 6.45) is 0.916. The summed E-state index contributed by atoms with van der Waals surface area (Å²) < 4.78 is 5.68. The van der Waals surface area contributed by atoms with Gasteiger partial charge < -0.3 is 4.42 Å². The first-order valence-electron chi connectivity index (χ1n) is 6.18. The fraction of sp³-hybridized carbons (Fsp3) is 0.400. The second kappa shape index (κ2) is 4.74. The second-order valence-corrected chi connectivity index (χ2v) is 4.65. The summed E-state index contributed by atoms with van der Waals surface area (Å²) in [6, 6.07) is 8.45. The maximum atomic E-state index is 5.68. The highest BCUT2D eigenvalue weighted by Crippen LogP contribution is 2.24. The van der Waals surface area contributed by atoms with Crippen molar-refractivity contribution in [2.24, 2.45) is 0 Å². The molecule has 0 amide bonds. The Labute approximate surface area is 103 Å². The first-order chi connectivity index (χ1) is 8.11. The van der Waals surface area contributed by atoms with Crippen molar-refractivity contribution in [1.29, 1.82) is 0 Å². The topological polar surface area (TPSA) is 26.0 Å². The summed E-state index contributed by atoms with van der Waals surface area (Å²) >= 11 is 0. The number of hydrogen-bond donors (Lipinski definition) is 0. The van der Waals surface area contributed by atoms with E-state index in [9.17, 15) is 0 Å². The average Bonchev–Trinajstić information content (AvgIpc) is 2.70. The minimum atomic E-state index is 0.557. The van der Waals surface area contributed by atoms with Crippen molar-refractivity contribution in [2.45, 2.75) is 40.0 Å². The number of rotatable bonds is 3. The fourth-order valence-electron chi connectivity index (χ4n) is 1.89. The van der Waals surface area contributed by atoms with Gasteiger partial charge in [-0.2, -0.15) is 0 Å². The number of aromatic nitrogens is 1. The van der Waals surface area contributed by atoms with Gasteiger partial charge in [0.1, 0.15) is 5.76 Å². The average molecular weight is 229 g/mol. The zero-order valence-corrected chi connectivity index (χ0v) is 10.9.